The molecule has 0 unspecified atom stereocenters. The molecule has 2 aromatic carbocycles. The maximum atomic E-state index is 12.6. The van der Waals surface area contributed by atoms with E-state index < -0.39 is 29.7 Å². The van der Waals surface area contributed by atoms with E-state index in [9.17, 15) is 24.3 Å². The van der Waals surface area contributed by atoms with Crippen LogP contribution in [0.1, 0.15) is 15.9 Å². The zero-order valence-corrected chi connectivity index (χ0v) is 14.7. The third-order valence-electron chi connectivity index (χ3n) is 4.03. The third-order valence-corrected chi connectivity index (χ3v) is 4.03. The standard InChI is InChI=1S/C19H16N4O5/c1-11-6-8-12(9-7-11)23-18(27)14(16(25)21-19(23)28)10-20-22-17(26)13-4-2-3-5-15(13)24/h2-10,14,24H,1H3,(H,22,26)(H,21,25,28)/b20-10-/t14-/m1/s1. The Morgan fingerprint density at radius 3 is 2.50 bits per heavy atom. The molecule has 142 valence electrons. The number of hydrogen-bond donors (Lipinski definition) is 3. The lowest BCUT2D eigenvalue weighted by atomic mass is 10.1. The van der Waals surface area contributed by atoms with Gasteiger partial charge in [0.2, 0.25) is 5.91 Å². The van der Waals surface area contributed by atoms with Crippen molar-refractivity contribution >= 4 is 35.7 Å². The lowest BCUT2D eigenvalue weighted by Crippen LogP contribution is -2.58. The number of nitrogens with one attached hydrogen (secondary N) is 2. The highest BCUT2D eigenvalue weighted by Crippen LogP contribution is 2.20. The van der Waals surface area contributed by atoms with Crippen molar-refractivity contribution in [3.63, 3.8) is 0 Å². The molecular weight excluding hydrogens is 364 g/mol. The van der Waals surface area contributed by atoms with Gasteiger partial charge >= 0.3 is 6.03 Å². The number of benzene rings is 2. The summed E-state index contributed by atoms with van der Waals surface area (Å²) in [7, 11) is 0. The van der Waals surface area contributed by atoms with E-state index >= 15 is 0 Å². The minimum Gasteiger partial charge on any atom is -0.507 e. The molecule has 1 atom stereocenters. The average molecular weight is 380 g/mol. The van der Waals surface area contributed by atoms with Crippen molar-refractivity contribution in [3.8, 4) is 5.75 Å². The smallest absolute Gasteiger partial charge is 0.335 e. The van der Waals surface area contributed by atoms with Crippen molar-refractivity contribution in [1.82, 2.24) is 10.7 Å². The van der Waals surface area contributed by atoms with Gasteiger partial charge in [0.15, 0.2) is 5.92 Å². The number of anilines is 1. The highest BCUT2D eigenvalue weighted by molar-refractivity contribution is 6.32. The highest BCUT2D eigenvalue weighted by Gasteiger charge is 2.40. The molecule has 1 fully saturated rings. The van der Waals surface area contributed by atoms with E-state index in [1.54, 1.807) is 36.4 Å². The monoisotopic (exact) mass is 380 g/mol. The van der Waals surface area contributed by atoms with Crippen LogP contribution in [0.25, 0.3) is 0 Å². The SMILES string of the molecule is Cc1ccc(N2C(=O)NC(=O)[C@@H](/C=N\NC(=O)c3ccccc3O)C2=O)cc1. The number of phenolic OH excluding ortho intramolecular Hbond substituents is 1. The van der Waals surface area contributed by atoms with E-state index in [2.05, 4.69) is 15.8 Å². The van der Waals surface area contributed by atoms with Gasteiger partial charge in [-0.2, -0.15) is 5.10 Å². The van der Waals surface area contributed by atoms with Crippen molar-refractivity contribution in [2.75, 3.05) is 4.90 Å². The van der Waals surface area contributed by atoms with Crippen molar-refractivity contribution in [2.24, 2.45) is 11.0 Å². The number of urea groups is 1. The van der Waals surface area contributed by atoms with Gasteiger partial charge in [-0.05, 0) is 31.2 Å². The molecule has 0 aliphatic carbocycles. The quantitative estimate of drug-likeness (QED) is 0.419. The minimum atomic E-state index is -1.40. The van der Waals surface area contributed by atoms with Crippen LogP contribution in [0.2, 0.25) is 0 Å². The maximum Gasteiger partial charge on any atom is 0.335 e. The molecule has 0 bridgehead atoms. The molecule has 9 nitrogen and oxygen atoms in total. The Balaban J connectivity index is 1.76. The molecule has 9 heteroatoms. The third kappa shape index (κ3) is 3.73. The van der Waals surface area contributed by atoms with Crippen molar-refractivity contribution < 1.29 is 24.3 Å². The van der Waals surface area contributed by atoms with Gasteiger partial charge in [-0.15, -0.1) is 0 Å². The Hall–Kier alpha value is -4.01. The number of hydrogen-bond acceptors (Lipinski definition) is 6. The number of amides is 5. The fourth-order valence-corrected chi connectivity index (χ4v) is 2.56. The van der Waals surface area contributed by atoms with Crippen LogP contribution >= 0.6 is 0 Å². The molecule has 1 heterocycles. The van der Waals surface area contributed by atoms with Crippen LogP contribution in [0.4, 0.5) is 10.5 Å². The summed E-state index contributed by atoms with van der Waals surface area (Å²) in [6, 6.07) is 11.6. The molecule has 3 N–H and O–H groups in total. The first-order valence-corrected chi connectivity index (χ1v) is 8.25. The number of rotatable bonds is 4. The summed E-state index contributed by atoms with van der Waals surface area (Å²) < 4.78 is 0. The molecule has 0 aromatic heterocycles. The van der Waals surface area contributed by atoms with Gasteiger partial charge in [0, 0.05) is 6.21 Å². The van der Waals surface area contributed by atoms with Crippen molar-refractivity contribution in [2.45, 2.75) is 6.92 Å². The molecule has 0 saturated carbocycles. The van der Waals surface area contributed by atoms with Crippen molar-refractivity contribution in [3.05, 3.63) is 59.7 Å². The first kappa shape index (κ1) is 18.8. The second-order valence-corrected chi connectivity index (χ2v) is 6.02. The number of para-hydroxylation sites is 1. The molecule has 0 spiro atoms. The van der Waals surface area contributed by atoms with Gasteiger partial charge in [-0.3, -0.25) is 19.7 Å². The summed E-state index contributed by atoms with van der Waals surface area (Å²) >= 11 is 0. The van der Waals surface area contributed by atoms with Gasteiger partial charge in [-0.25, -0.2) is 15.1 Å². The number of aromatic hydroxyl groups is 1. The summed E-state index contributed by atoms with van der Waals surface area (Å²) in [6.07, 6.45) is 0.934. The number of imide groups is 2. The Kier molecular flexibility index (Phi) is 5.16. The summed E-state index contributed by atoms with van der Waals surface area (Å²) in [4.78, 5) is 49.6. The van der Waals surface area contributed by atoms with Gasteiger partial charge < -0.3 is 5.11 Å². The van der Waals surface area contributed by atoms with Crippen LogP contribution < -0.4 is 15.6 Å². The van der Waals surface area contributed by atoms with Gasteiger partial charge in [0.25, 0.3) is 11.8 Å². The Morgan fingerprint density at radius 2 is 1.82 bits per heavy atom. The molecule has 28 heavy (non-hydrogen) atoms. The zero-order valence-electron chi connectivity index (χ0n) is 14.7. The second kappa shape index (κ2) is 7.70. The molecule has 1 saturated heterocycles. The van der Waals surface area contributed by atoms with Gasteiger partial charge in [0.05, 0.1) is 11.3 Å². The number of carbonyl (C=O) groups is 4. The number of barbiturate groups is 1. The number of phenols is 1. The lowest BCUT2D eigenvalue weighted by molar-refractivity contribution is -0.131. The van der Waals surface area contributed by atoms with E-state index in [4.69, 9.17) is 0 Å². The summed E-state index contributed by atoms with van der Waals surface area (Å²) in [5.74, 6) is -4.00. The van der Waals surface area contributed by atoms with E-state index in [0.29, 0.717) is 5.69 Å². The van der Waals surface area contributed by atoms with Crippen molar-refractivity contribution in [1.29, 1.82) is 0 Å². The normalized spacial score (nSPS) is 17.0. The maximum absolute atomic E-state index is 12.6. The molecule has 2 aromatic rings. The molecular formula is C19H16N4O5. The first-order valence-electron chi connectivity index (χ1n) is 8.25. The Bertz CT molecular complexity index is 984. The summed E-state index contributed by atoms with van der Waals surface area (Å²) in [6.45, 7) is 1.86. The van der Waals surface area contributed by atoms with Crippen LogP contribution in [-0.2, 0) is 9.59 Å². The predicted octanol–water partition coefficient (Wildman–Crippen LogP) is 1.32. The number of nitrogens with zero attached hydrogens (tertiary/aromatic N) is 2. The van der Waals surface area contributed by atoms with Gasteiger partial charge in [0.1, 0.15) is 5.75 Å². The van der Waals surface area contributed by atoms with E-state index in [1.165, 1.54) is 12.1 Å². The van der Waals surface area contributed by atoms with Crippen LogP contribution in [0.3, 0.4) is 0 Å². The Morgan fingerprint density at radius 1 is 1.14 bits per heavy atom. The topological polar surface area (TPSA) is 128 Å². The van der Waals surface area contributed by atoms with Crippen LogP contribution in [0.15, 0.2) is 53.6 Å². The molecule has 1 aliphatic rings. The summed E-state index contributed by atoms with van der Waals surface area (Å²) in [5.41, 5.74) is 3.36. The predicted molar refractivity (Wildman–Crippen MR) is 99.8 cm³/mol. The minimum absolute atomic E-state index is 0.0180. The first-order chi connectivity index (χ1) is 13.4. The highest BCUT2D eigenvalue weighted by atomic mass is 16.3. The fourth-order valence-electron chi connectivity index (χ4n) is 2.56. The zero-order chi connectivity index (χ0) is 20.3. The Labute approximate surface area is 159 Å². The van der Waals surface area contributed by atoms with E-state index in [-0.39, 0.29) is 11.3 Å². The number of hydrazone groups is 1. The number of carbonyl (C=O) groups excluding carboxylic acids is 4. The fraction of sp³-hybridized carbons (Fsp3) is 0.105. The lowest BCUT2D eigenvalue weighted by Gasteiger charge is -2.28. The van der Waals surface area contributed by atoms with Crippen LogP contribution in [0.5, 0.6) is 5.75 Å². The van der Waals surface area contributed by atoms with E-state index in [0.717, 1.165) is 16.7 Å². The molecule has 3 rings (SSSR count). The average Bonchev–Trinajstić information content (AvgIpc) is 2.66. The van der Waals surface area contributed by atoms with Crippen LogP contribution in [0, 0.1) is 12.8 Å². The van der Waals surface area contributed by atoms with E-state index in [1.807, 2.05) is 6.92 Å². The summed E-state index contributed by atoms with van der Waals surface area (Å²) in [5, 5.41) is 15.4. The molecule has 1 aliphatic heterocycles. The largest absolute Gasteiger partial charge is 0.507 e. The number of aryl methyl sites for hydroxylation is 1. The molecule has 0 radical (unpaired) electrons. The van der Waals surface area contributed by atoms with Crippen LogP contribution in [-0.4, -0.2) is 35.1 Å². The van der Waals surface area contributed by atoms with Gasteiger partial charge in [-0.1, -0.05) is 29.8 Å². The second-order valence-electron chi connectivity index (χ2n) is 6.02. The molecule has 5 amide bonds.